The van der Waals surface area contributed by atoms with Gasteiger partial charge in [0.25, 0.3) is 0 Å². The largest absolute Gasteiger partial charge is 0.573 e. The fourth-order valence-corrected chi connectivity index (χ4v) is 2.21. The quantitative estimate of drug-likeness (QED) is 0.647. The van der Waals surface area contributed by atoms with Gasteiger partial charge in [0.05, 0.1) is 6.20 Å². The molecule has 2 heterocycles. The number of fused-ring (bicyclic) bond motifs is 1. The van der Waals surface area contributed by atoms with Crippen LogP contribution >= 0.6 is 22.6 Å². The van der Waals surface area contributed by atoms with Crippen LogP contribution in [0.15, 0.2) is 12.3 Å². The summed E-state index contributed by atoms with van der Waals surface area (Å²) in [7, 11) is 0. The van der Waals surface area contributed by atoms with E-state index in [1.54, 1.807) is 20.8 Å². The molecule has 120 valence electrons. The average Bonchev–Trinajstić information content (AvgIpc) is 2.62. The predicted molar refractivity (Wildman–Crippen MR) is 78.6 cm³/mol. The summed E-state index contributed by atoms with van der Waals surface area (Å²) >= 11 is 1.82. The fourth-order valence-electron chi connectivity index (χ4n) is 1.58. The lowest BCUT2D eigenvalue weighted by Gasteiger charge is -2.19. The van der Waals surface area contributed by atoms with Crippen molar-refractivity contribution in [2.75, 3.05) is 0 Å². The van der Waals surface area contributed by atoms with Crippen molar-refractivity contribution >= 4 is 39.7 Å². The first-order chi connectivity index (χ1) is 9.96. The highest BCUT2D eigenvalue weighted by Gasteiger charge is 2.32. The van der Waals surface area contributed by atoms with Gasteiger partial charge in [0.1, 0.15) is 26.1 Å². The average molecular weight is 429 g/mol. The first kappa shape index (κ1) is 16.8. The van der Waals surface area contributed by atoms with Crippen LogP contribution in [0.5, 0.6) is 5.75 Å². The van der Waals surface area contributed by atoms with E-state index in [4.69, 9.17) is 4.74 Å². The van der Waals surface area contributed by atoms with Gasteiger partial charge in [0.15, 0.2) is 0 Å². The lowest BCUT2D eigenvalue weighted by Crippen LogP contribution is -2.27. The molecule has 2 aromatic heterocycles. The standard InChI is InChI=1S/C12H11F3IN3O3/c1-11(2,3)22-10(20)19-7-4-6(21-12(13,14)15)5-17-8(7)9(16)18-19/h4-5H,1-3H3. The summed E-state index contributed by atoms with van der Waals surface area (Å²) in [4.78, 5) is 15.9. The summed E-state index contributed by atoms with van der Waals surface area (Å²) in [6, 6.07) is 1.04. The van der Waals surface area contributed by atoms with E-state index in [-0.39, 0.29) is 11.0 Å². The maximum absolute atomic E-state index is 12.3. The molecule has 0 saturated carbocycles. The zero-order valence-corrected chi connectivity index (χ0v) is 13.9. The lowest BCUT2D eigenvalue weighted by atomic mass is 10.2. The van der Waals surface area contributed by atoms with Crippen molar-refractivity contribution in [3.63, 3.8) is 0 Å². The maximum atomic E-state index is 12.3. The Morgan fingerprint density at radius 1 is 1.32 bits per heavy atom. The van der Waals surface area contributed by atoms with Crippen LogP contribution in [0, 0.1) is 3.70 Å². The zero-order valence-electron chi connectivity index (χ0n) is 11.7. The zero-order chi connectivity index (χ0) is 16.7. The van der Waals surface area contributed by atoms with Crippen molar-refractivity contribution in [3.05, 3.63) is 16.0 Å². The minimum absolute atomic E-state index is 0.0698. The summed E-state index contributed by atoms with van der Waals surface area (Å²) in [6.07, 6.45) is -4.75. The summed E-state index contributed by atoms with van der Waals surface area (Å²) in [5, 5.41) is 3.94. The Bertz CT molecular complexity index is 722. The number of aromatic nitrogens is 3. The molecule has 0 amide bonds. The number of nitrogens with zero attached hydrogens (tertiary/aromatic N) is 3. The number of halogens is 4. The minimum Gasteiger partial charge on any atom is -0.442 e. The van der Waals surface area contributed by atoms with E-state index in [0.717, 1.165) is 16.9 Å². The molecule has 2 rings (SSSR count). The van der Waals surface area contributed by atoms with Crippen molar-refractivity contribution in [1.29, 1.82) is 0 Å². The smallest absolute Gasteiger partial charge is 0.442 e. The molecule has 0 saturated heterocycles. The normalized spacial score (nSPS) is 12.5. The van der Waals surface area contributed by atoms with E-state index in [9.17, 15) is 18.0 Å². The monoisotopic (exact) mass is 429 g/mol. The Morgan fingerprint density at radius 3 is 2.50 bits per heavy atom. The molecule has 0 aromatic carbocycles. The van der Waals surface area contributed by atoms with Crippen molar-refractivity contribution in [2.24, 2.45) is 0 Å². The van der Waals surface area contributed by atoms with Gasteiger partial charge in [0, 0.05) is 6.07 Å². The predicted octanol–water partition coefficient (Wildman–Crippen LogP) is 3.72. The Labute approximate surface area is 136 Å². The molecular weight excluding hydrogens is 418 g/mol. The van der Waals surface area contributed by atoms with E-state index in [0.29, 0.717) is 3.70 Å². The second-order valence-corrected chi connectivity index (χ2v) is 6.29. The Balaban J connectivity index is 2.46. The third-order valence-corrected chi connectivity index (χ3v) is 2.98. The topological polar surface area (TPSA) is 66.2 Å². The molecule has 2 aromatic rings. The molecule has 0 aliphatic rings. The van der Waals surface area contributed by atoms with Crippen molar-refractivity contribution in [1.82, 2.24) is 14.8 Å². The van der Waals surface area contributed by atoms with Crippen LogP contribution in [0.3, 0.4) is 0 Å². The summed E-state index contributed by atoms with van der Waals surface area (Å²) in [6.45, 7) is 4.99. The molecule has 10 heteroatoms. The number of carbonyl (C=O) groups is 1. The van der Waals surface area contributed by atoms with Crippen LogP contribution in [-0.2, 0) is 4.74 Å². The molecule has 22 heavy (non-hydrogen) atoms. The molecule has 0 spiro atoms. The fraction of sp³-hybridized carbons (Fsp3) is 0.417. The van der Waals surface area contributed by atoms with Crippen molar-refractivity contribution < 1.29 is 27.4 Å². The van der Waals surface area contributed by atoms with E-state index < -0.39 is 23.8 Å². The highest BCUT2D eigenvalue weighted by atomic mass is 127. The van der Waals surface area contributed by atoms with Gasteiger partial charge in [-0.2, -0.15) is 9.78 Å². The number of hydrogen-bond acceptors (Lipinski definition) is 5. The van der Waals surface area contributed by atoms with Gasteiger partial charge in [-0.05, 0) is 43.4 Å². The molecule has 0 aliphatic carbocycles. The number of hydrogen-bond donors (Lipinski definition) is 0. The van der Waals surface area contributed by atoms with Gasteiger partial charge in [0.2, 0.25) is 0 Å². The number of ether oxygens (including phenoxy) is 2. The Hall–Kier alpha value is -1.59. The Morgan fingerprint density at radius 2 is 1.95 bits per heavy atom. The molecule has 0 atom stereocenters. The lowest BCUT2D eigenvalue weighted by molar-refractivity contribution is -0.274. The van der Waals surface area contributed by atoms with E-state index in [1.807, 2.05) is 22.6 Å². The molecule has 6 nitrogen and oxygen atoms in total. The van der Waals surface area contributed by atoms with Gasteiger partial charge in [-0.15, -0.1) is 13.2 Å². The highest BCUT2D eigenvalue weighted by Crippen LogP contribution is 2.27. The number of alkyl halides is 3. The highest BCUT2D eigenvalue weighted by molar-refractivity contribution is 14.1. The van der Waals surface area contributed by atoms with Crippen molar-refractivity contribution in [3.8, 4) is 5.75 Å². The Kier molecular flexibility index (Phi) is 4.24. The summed E-state index contributed by atoms with van der Waals surface area (Å²) in [5.74, 6) is -0.541. The number of rotatable bonds is 1. The van der Waals surface area contributed by atoms with Gasteiger partial charge in [-0.1, -0.05) is 0 Å². The molecule has 0 bridgehead atoms. The molecule has 0 aliphatic heterocycles. The third-order valence-electron chi connectivity index (χ3n) is 2.25. The molecule has 0 radical (unpaired) electrons. The minimum atomic E-state index is -4.85. The third kappa shape index (κ3) is 3.99. The first-order valence-corrected chi connectivity index (χ1v) is 7.07. The van der Waals surface area contributed by atoms with Gasteiger partial charge >= 0.3 is 12.5 Å². The maximum Gasteiger partial charge on any atom is 0.573 e. The summed E-state index contributed by atoms with van der Waals surface area (Å²) < 4.78 is 47.0. The van der Waals surface area contributed by atoms with Gasteiger partial charge in [-0.3, -0.25) is 0 Å². The van der Waals surface area contributed by atoms with Crippen LogP contribution in [0.25, 0.3) is 11.0 Å². The number of pyridine rings is 1. The van der Waals surface area contributed by atoms with E-state index >= 15 is 0 Å². The second kappa shape index (κ2) is 5.56. The molecule has 0 N–H and O–H groups in total. The van der Waals surface area contributed by atoms with Gasteiger partial charge in [-0.25, -0.2) is 9.78 Å². The first-order valence-electron chi connectivity index (χ1n) is 6.00. The second-order valence-electron chi connectivity index (χ2n) is 5.27. The summed E-state index contributed by atoms with van der Waals surface area (Å²) in [5.41, 5.74) is -0.421. The molecule has 0 fully saturated rings. The van der Waals surface area contributed by atoms with Crippen LogP contribution in [0.1, 0.15) is 20.8 Å². The van der Waals surface area contributed by atoms with E-state index in [1.165, 1.54) is 0 Å². The van der Waals surface area contributed by atoms with Crippen LogP contribution in [-0.4, -0.2) is 32.8 Å². The molecular formula is C12H11F3IN3O3. The van der Waals surface area contributed by atoms with Crippen molar-refractivity contribution in [2.45, 2.75) is 32.7 Å². The SMILES string of the molecule is CC(C)(C)OC(=O)n1nc(I)c2ncc(OC(F)(F)F)cc21. The van der Waals surface area contributed by atoms with Gasteiger partial charge < -0.3 is 9.47 Å². The van der Waals surface area contributed by atoms with E-state index in [2.05, 4.69) is 14.8 Å². The van der Waals surface area contributed by atoms with Crippen LogP contribution in [0.4, 0.5) is 18.0 Å². The number of carbonyl (C=O) groups excluding carboxylic acids is 1. The van der Waals surface area contributed by atoms with Crippen LogP contribution in [0.2, 0.25) is 0 Å². The molecule has 0 unspecified atom stereocenters. The van der Waals surface area contributed by atoms with Crippen LogP contribution < -0.4 is 4.74 Å².